The van der Waals surface area contributed by atoms with E-state index in [-0.39, 0.29) is 49.9 Å². The summed E-state index contributed by atoms with van der Waals surface area (Å²) >= 11 is 0. The zero-order valence-electron chi connectivity index (χ0n) is 20.0. The van der Waals surface area contributed by atoms with Crippen molar-refractivity contribution in [3.63, 3.8) is 0 Å². The van der Waals surface area contributed by atoms with Crippen molar-refractivity contribution in [2.75, 3.05) is 11.4 Å². The smallest absolute Gasteiger partial charge is 0.280 e. The summed E-state index contributed by atoms with van der Waals surface area (Å²) < 4.78 is 1.41. The molecule has 1 aromatic heterocycles. The molecule has 11 heteroatoms. The fourth-order valence-electron chi connectivity index (χ4n) is 4.55. The molecule has 1 atom stereocenters. The first-order valence-electron chi connectivity index (χ1n) is 11.8. The van der Waals surface area contributed by atoms with Crippen molar-refractivity contribution in [3.8, 4) is 11.8 Å². The second kappa shape index (κ2) is 9.66. The number of aryl methyl sites for hydroxylation is 1. The van der Waals surface area contributed by atoms with Gasteiger partial charge in [-0.1, -0.05) is 29.0 Å². The van der Waals surface area contributed by atoms with Gasteiger partial charge in [0.15, 0.2) is 5.69 Å². The molecule has 0 saturated carbocycles. The van der Waals surface area contributed by atoms with Crippen LogP contribution in [0.25, 0.3) is 5.69 Å². The van der Waals surface area contributed by atoms with Gasteiger partial charge in [0.2, 0.25) is 11.8 Å². The van der Waals surface area contributed by atoms with Crippen molar-refractivity contribution < 1.29 is 19.2 Å². The number of fused-ring (bicyclic) bond motifs is 1. The summed E-state index contributed by atoms with van der Waals surface area (Å²) in [6.07, 6.45) is 2.11. The van der Waals surface area contributed by atoms with Gasteiger partial charge < -0.3 is 9.80 Å². The summed E-state index contributed by atoms with van der Waals surface area (Å²) in [5.41, 5.74) is 3.51. The molecule has 0 aliphatic carbocycles. The number of aromatic nitrogens is 3. The number of nitriles is 1. The van der Waals surface area contributed by atoms with Crippen LogP contribution in [0.3, 0.4) is 0 Å². The van der Waals surface area contributed by atoms with Crippen LogP contribution in [0.2, 0.25) is 0 Å². The number of amides is 4. The second-order valence-electron chi connectivity index (χ2n) is 8.99. The first-order valence-corrected chi connectivity index (χ1v) is 11.8. The molecule has 4 amide bonds. The summed E-state index contributed by atoms with van der Waals surface area (Å²) in [5, 5.41) is 19.5. The number of piperidine rings is 1. The molecular formula is C26H23N7O4. The number of anilines is 1. The van der Waals surface area contributed by atoms with E-state index in [1.165, 1.54) is 20.7 Å². The third-order valence-electron chi connectivity index (χ3n) is 6.53. The van der Waals surface area contributed by atoms with Crippen LogP contribution in [-0.4, -0.2) is 56.1 Å². The molecule has 2 aromatic carbocycles. The van der Waals surface area contributed by atoms with E-state index in [0.29, 0.717) is 16.9 Å². The molecule has 0 bridgehead atoms. The van der Waals surface area contributed by atoms with Crippen LogP contribution in [0, 0.1) is 18.3 Å². The van der Waals surface area contributed by atoms with Gasteiger partial charge in [0.05, 0.1) is 24.4 Å². The quantitative estimate of drug-likeness (QED) is 0.513. The van der Waals surface area contributed by atoms with Crippen LogP contribution in [0.1, 0.15) is 51.2 Å². The maximum atomic E-state index is 13.3. The number of carbonyl (C=O) groups excluding carboxylic acids is 4. The number of imide groups is 1. The van der Waals surface area contributed by atoms with Gasteiger partial charge in [0.1, 0.15) is 6.04 Å². The second-order valence-corrected chi connectivity index (χ2v) is 8.99. The first kappa shape index (κ1) is 23.9. The van der Waals surface area contributed by atoms with Crippen LogP contribution in [-0.2, 0) is 16.1 Å². The zero-order valence-corrected chi connectivity index (χ0v) is 20.0. The Labute approximate surface area is 212 Å². The maximum Gasteiger partial charge on any atom is 0.280 e. The molecule has 0 radical (unpaired) electrons. The van der Waals surface area contributed by atoms with E-state index in [1.807, 2.05) is 31.2 Å². The van der Waals surface area contributed by atoms with Crippen LogP contribution < -0.4 is 10.2 Å². The molecule has 5 rings (SSSR count). The predicted molar refractivity (Wildman–Crippen MR) is 130 cm³/mol. The zero-order chi connectivity index (χ0) is 26.1. The topological polar surface area (TPSA) is 141 Å². The normalized spacial score (nSPS) is 16.8. The summed E-state index contributed by atoms with van der Waals surface area (Å²) in [7, 11) is 0. The standard InChI is InChI=1S/C26H23N7O4/c1-16-3-6-18(7-4-16)31(12-2-11-27)26(37)21-15-33(30-29-21)19-8-5-17-14-32(25(36)20(17)13-19)22-9-10-23(34)28-24(22)35/h3-8,13,15,22H,2,9-10,12,14H2,1H3,(H,28,34,35). The molecule has 3 aromatic rings. The van der Waals surface area contributed by atoms with Gasteiger partial charge in [-0.2, -0.15) is 5.26 Å². The summed E-state index contributed by atoms with van der Waals surface area (Å²) in [4.78, 5) is 53.1. The molecule has 2 aliphatic heterocycles. The van der Waals surface area contributed by atoms with Gasteiger partial charge >= 0.3 is 0 Å². The largest absolute Gasteiger partial charge is 0.322 e. The van der Waals surface area contributed by atoms with Crippen LogP contribution in [0.4, 0.5) is 5.69 Å². The number of hydrogen-bond acceptors (Lipinski definition) is 7. The van der Waals surface area contributed by atoms with Crippen LogP contribution in [0.15, 0.2) is 48.7 Å². The minimum Gasteiger partial charge on any atom is -0.322 e. The maximum absolute atomic E-state index is 13.3. The van der Waals surface area contributed by atoms with Crippen molar-refractivity contribution in [1.29, 1.82) is 5.26 Å². The first-order chi connectivity index (χ1) is 17.9. The Morgan fingerprint density at radius 1 is 1.19 bits per heavy atom. The summed E-state index contributed by atoms with van der Waals surface area (Å²) in [6.45, 7) is 2.42. The monoisotopic (exact) mass is 497 g/mol. The molecule has 186 valence electrons. The van der Waals surface area contributed by atoms with E-state index in [9.17, 15) is 19.2 Å². The highest BCUT2D eigenvalue weighted by Gasteiger charge is 2.39. The SMILES string of the molecule is Cc1ccc(N(CCC#N)C(=O)c2cn(-c3ccc4c(c3)C(=O)N(C3CCC(=O)NC3=O)C4)nn2)cc1. The predicted octanol–water partition coefficient (Wildman–Crippen LogP) is 1.90. The van der Waals surface area contributed by atoms with E-state index in [4.69, 9.17) is 5.26 Å². The highest BCUT2D eigenvalue weighted by Crippen LogP contribution is 2.29. The van der Waals surface area contributed by atoms with Gasteiger partial charge in [-0.25, -0.2) is 4.68 Å². The number of rotatable bonds is 6. The molecule has 2 aliphatic rings. The van der Waals surface area contributed by atoms with Crippen LogP contribution in [0.5, 0.6) is 0 Å². The van der Waals surface area contributed by atoms with Crippen LogP contribution >= 0.6 is 0 Å². The van der Waals surface area contributed by atoms with E-state index in [1.54, 1.807) is 18.2 Å². The number of nitrogens with zero attached hydrogens (tertiary/aromatic N) is 6. The van der Waals surface area contributed by atoms with Gasteiger partial charge in [-0.05, 0) is 43.2 Å². The highest BCUT2D eigenvalue weighted by atomic mass is 16.2. The van der Waals surface area contributed by atoms with Gasteiger partial charge in [-0.3, -0.25) is 24.5 Å². The Hall–Kier alpha value is -4.85. The Morgan fingerprint density at radius 2 is 1.97 bits per heavy atom. The van der Waals surface area contributed by atoms with E-state index < -0.39 is 17.9 Å². The fourth-order valence-corrected chi connectivity index (χ4v) is 4.55. The molecule has 0 spiro atoms. The van der Waals surface area contributed by atoms with Gasteiger partial charge in [0, 0.05) is 30.8 Å². The molecule has 1 fully saturated rings. The minimum atomic E-state index is -0.696. The van der Waals surface area contributed by atoms with Crippen molar-refractivity contribution >= 4 is 29.3 Å². The number of benzene rings is 2. The number of carbonyl (C=O) groups is 4. The Morgan fingerprint density at radius 3 is 2.70 bits per heavy atom. The van der Waals surface area contributed by atoms with Crippen molar-refractivity contribution in [3.05, 3.63) is 71.0 Å². The lowest BCUT2D eigenvalue weighted by atomic mass is 10.0. The molecule has 1 N–H and O–H groups in total. The van der Waals surface area contributed by atoms with Gasteiger partial charge in [0.25, 0.3) is 11.8 Å². The van der Waals surface area contributed by atoms with E-state index >= 15 is 0 Å². The molecule has 1 unspecified atom stereocenters. The lowest BCUT2D eigenvalue weighted by Gasteiger charge is -2.29. The van der Waals surface area contributed by atoms with E-state index in [2.05, 4.69) is 21.7 Å². The lowest BCUT2D eigenvalue weighted by molar-refractivity contribution is -0.136. The molecule has 1 saturated heterocycles. The third-order valence-corrected chi connectivity index (χ3v) is 6.53. The number of nitrogens with one attached hydrogen (secondary N) is 1. The van der Waals surface area contributed by atoms with Crippen molar-refractivity contribution in [2.24, 2.45) is 0 Å². The molecule has 37 heavy (non-hydrogen) atoms. The molecule has 3 heterocycles. The average molecular weight is 498 g/mol. The Balaban J connectivity index is 1.37. The lowest BCUT2D eigenvalue weighted by Crippen LogP contribution is -2.52. The fraction of sp³-hybridized carbons (Fsp3) is 0.269. The molecule has 11 nitrogen and oxygen atoms in total. The number of hydrogen-bond donors (Lipinski definition) is 1. The van der Waals surface area contributed by atoms with Crippen molar-refractivity contribution in [1.82, 2.24) is 25.2 Å². The minimum absolute atomic E-state index is 0.0931. The average Bonchev–Trinajstić information content (AvgIpc) is 3.50. The van der Waals surface area contributed by atoms with Crippen molar-refractivity contribution in [2.45, 2.75) is 38.8 Å². The Kier molecular flexibility index (Phi) is 6.23. The summed E-state index contributed by atoms with van der Waals surface area (Å²) in [6, 6.07) is 14.0. The molecular weight excluding hydrogens is 474 g/mol. The Bertz CT molecular complexity index is 1450. The third kappa shape index (κ3) is 4.56. The van der Waals surface area contributed by atoms with E-state index in [0.717, 1.165) is 11.1 Å². The highest BCUT2D eigenvalue weighted by molar-refractivity contribution is 6.06. The summed E-state index contributed by atoms with van der Waals surface area (Å²) in [5.74, 6) is -1.50. The van der Waals surface area contributed by atoms with Gasteiger partial charge in [-0.15, -0.1) is 5.10 Å².